The lowest BCUT2D eigenvalue weighted by molar-refractivity contribution is 0.100. The Balaban J connectivity index is 2.49. The van der Waals surface area contributed by atoms with Crippen LogP contribution >= 0.6 is 0 Å². The number of pyridine rings is 1. The van der Waals surface area contributed by atoms with Crippen LogP contribution in [0.3, 0.4) is 0 Å². The molecule has 2 heterocycles. The molecular formula is C12H13N3O2. The molecule has 0 bridgehead atoms. The summed E-state index contributed by atoms with van der Waals surface area (Å²) in [6.45, 7) is 1.53. The highest BCUT2D eigenvalue weighted by molar-refractivity contribution is 5.99. The van der Waals surface area contributed by atoms with Crippen LogP contribution in [0.25, 0.3) is 11.1 Å². The normalized spacial score (nSPS) is 10.3. The lowest BCUT2D eigenvalue weighted by atomic mass is 10.1. The smallest absolute Gasteiger partial charge is 0.212 e. The summed E-state index contributed by atoms with van der Waals surface area (Å²) in [5, 5.41) is 4.09. The number of carbonyl (C=O) groups is 1. The monoisotopic (exact) mass is 231 g/mol. The summed E-state index contributed by atoms with van der Waals surface area (Å²) in [7, 11) is 3.31. The molecule has 0 spiro atoms. The molecule has 2 aromatic rings. The van der Waals surface area contributed by atoms with Crippen LogP contribution in [0.4, 0.5) is 0 Å². The molecule has 0 amide bonds. The van der Waals surface area contributed by atoms with Crippen LogP contribution in [0, 0.1) is 0 Å². The highest BCUT2D eigenvalue weighted by Crippen LogP contribution is 2.24. The number of aromatic nitrogens is 3. The van der Waals surface area contributed by atoms with Gasteiger partial charge in [-0.15, -0.1) is 0 Å². The van der Waals surface area contributed by atoms with E-state index in [1.54, 1.807) is 37.3 Å². The van der Waals surface area contributed by atoms with Gasteiger partial charge in [-0.25, -0.2) is 4.98 Å². The van der Waals surface area contributed by atoms with E-state index in [0.717, 1.165) is 11.1 Å². The topological polar surface area (TPSA) is 57.0 Å². The maximum atomic E-state index is 11.5. The Labute approximate surface area is 99.1 Å². The zero-order valence-electron chi connectivity index (χ0n) is 9.97. The van der Waals surface area contributed by atoms with Crippen LogP contribution in [-0.4, -0.2) is 27.7 Å². The van der Waals surface area contributed by atoms with Crippen molar-refractivity contribution in [1.29, 1.82) is 0 Å². The fourth-order valence-corrected chi connectivity index (χ4v) is 1.73. The third-order valence-electron chi connectivity index (χ3n) is 2.53. The lowest BCUT2D eigenvalue weighted by Gasteiger charge is -2.03. The Kier molecular flexibility index (Phi) is 2.91. The summed E-state index contributed by atoms with van der Waals surface area (Å²) < 4.78 is 6.56. The average Bonchev–Trinajstić information content (AvgIpc) is 2.71. The third kappa shape index (κ3) is 2.04. The summed E-state index contributed by atoms with van der Waals surface area (Å²) in [5.74, 6) is 0.526. The molecule has 0 aliphatic rings. The molecule has 5 nitrogen and oxygen atoms in total. The number of rotatable bonds is 3. The van der Waals surface area contributed by atoms with Gasteiger partial charge in [-0.1, -0.05) is 0 Å². The fourth-order valence-electron chi connectivity index (χ4n) is 1.73. The average molecular weight is 231 g/mol. The minimum absolute atomic E-state index is 0.0178. The van der Waals surface area contributed by atoms with Crippen molar-refractivity contribution in [1.82, 2.24) is 14.8 Å². The molecule has 0 aromatic carbocycles. The second-order valence-electron chi connectivity index (χ2n) is 3.68. The SMILES string of the molecule is COc1ccc(-c2cnn(C)c2C(C)=O)cn1. The van der Waals surface area contributed by atoms with Crippen LogP contribution in [0.2, 0.25) is 0 Å². The number of nitrogens with zero attached hydrogens (tertiary/aromatic N) is 3. The van der Waals surface area contributed by atoms with Crippen molar-refractivity contribution in [2.24, 2.45) is 7.05 Å². The molecule has 0 aliphatic carbocycles. The van der Waals surface area contributed by atoms with E-state index in [1.165, 1.54) is 6.92 Å². The van der Waals surface area contributed by atoms with Crippen LogP contribution < -0.4 is 4.74 Å². The van der Waals surface area contributed by atoms with Crippen molar-refractivity contribution in [2.45, 2.75) is 6.92 Å². The van der Waals surface area contributed by atoms with Crippen molar-refractivity contribution in [3.05, 3.63) is 30.2 Å². The molecule has 88 valence electrons. The number of hydrogen-bond donors (Lipinski definition) is 0. The van der Waals surface area contributed by atoms with Gasteiger partial charge in [0.15, 0.2) is 5.78 Å². The fraction of sp³-hybridized carbons (Fsp3) is 0.250. The maximum Gasteiger partial charge on any atom is 0.212 e. The Hall–Kier alpha value is -2.17. The highest BCUT2D eigenvalue weighted by atomic mass is 16.5. The van der Waals surface area contributed by atoms with Crippen LogP contribution in [0.15, 0.2) is 24.5 Å². The first-order chi connectivity index (χ1) is 8.13. The number of Topliss-reactive ketones (excluding diaryl/α,β-unsaturated/α-hetero) is 1. The third-order valence-corrected chi connectivity index (χ3v) is 2.53. The van der Waals surface area contributed by atoms with Gasteiger partial charge in [0.1, 0.15) is 5.69 Å². The highest BCUT2D eigenvalue weighted by Gasteiger charge is 2.14. The molecule has 0 saturated heterocycles. The molecule has 2 rings (SSSR count). The van der Waals surface area contributed by atoms with E-state index in [0.29, 0.717) is 11.6 Å². The summed E-state index contributed by atoms with van der Waals surface area (Å²) in [6, 6.07) is 3.61. The van der Waals surface area contributed by atoms with E-state index in [4.69, 9.17) is 4.74 Å². The second kappa shape index (κ2) is 4.37. The number of carbonyl (C=O) groups excluding carboxylic acids is 1. The van der Waals surface area contributed by atoms with Gasteiger partial charge < -0.3 is 4.74 Å². The van der Waals surface area contributed by atoms with Gasteiger partial charge in [0.05, 0.1) is 13.3 Å². The zero-order valence-corrected chi connectivity index (χ0v) is 9.97. The predicted molar refractivity (Wildman–Crippen MR) is 63.0 cm³/mol. The maximum absolute atomic E-state index is 11.5. The van der Waals surface area contributed by atoms with Gasteiger partial charge in [0, 0.05) is 37.4 Å². The summed E-state index contributed by atoms with van der Waals surface area (Å²) in [5.41, 5.74) is 2.22. The Morgan fingerprint density at radius 1 is 1.35 bits per heavy atom. The first-order valence-electron chi connectivity index (χ1n) is 5.17. The molecule has 2 aromatic heterocycles. The molecule has 0 radical (unpaired) electrons. The molecule has 17 heavy (non-hydrogen) atoms. The van der Waals surface area contributed by atoms with Crippen molar-refractivity contribution < 1.29 is 9.53 Å². The molecular weight excluding hydrogens is 218 g/mol. The van der Waals surface area contributed by atoms with E-state index in [1.807, 2.05) is 6.07 Å². The molecule has 0 atom stereocenters. The summed E-state index contributed by atoms with van der Waals surface area (Å²) in [4.78, 5) is 15.7. The van der Waals surface area contributed by atoms with E-state index in [-0.39, 0.29) is 5.78 Å². The number of hydrogen-bond acceptors (Lipinski definition) is 4. The molecule has 0 unspecified atom stereocenters. The predicted octanol–water partition coefficient (Wildman–Crippen LogP) is 1.69. The van der Waals surface area contributed by atoms with Gasteiger partial charge in [-0.2, -0.15) is 5.10 Å². The van der Waals surface area contributed by atoms with Crippen LogP contribution in [-0.2, 0) is 7.05 Å². The number of methoxy groups -OCH3 is 1. The van der Waals surface area contributed by atoms with Gasteiger partial charge in [0.2, 0.25) is 5.88 Å². The van der Waals surface area contributed by atoms with E-state index in [2.05, 4.69) is 10.1 Å². The first-order valence-corrected chi connectivity index (χ1v) is 5.17. The largest absolute Gasteiger partial charge is 0.481 e. The van der Waals surface area contributed by atoms with Gasteiger partial charge in [-0.3, -0.25) is 9.48 Å². The minimum atomic E-state index is -0.0178. The minimum Gasteiger partial charge on any atom is -0.481 e. The summed E-state index contributed by atoms with van der Waals surface area (Å²) in [6.07, 6.45) is 3.34. The van der Waals surface area contributed by atoms with Crippen molar-refractivity contribution in [2.75, 3.05) is 7.11 Å². The van der Waals surface area contributed by atoms with E-state index in [9.17, 15) is 4.79 Å². The van der Waals surface area contributed by atoms with E-state index >= 15 is 0 Å². The Morgan fingerprint density at radius 2 is 2.12 bits per heavy atom. The molecule has 0 aliphatic heterocycles. The van der Waals surface area contributed by atoms with Crippen molar-refractivity contribution >= 4 is 5.78 Å². The van der Waals surface area contributed by atoms with Gasteiger partial charge in [0.25, 0.3) is 0 Å². The van der Waals surface area contributed by atoms with Crippen LogP contribution in [0.1, 0.15) is 17.4 Å². The summed E-state index contributed by atoms with van der Waals surface area (Å²) >= 11 is 0. The molecule has 0 fully saturated rings. The lowest BCUT2D eigenvalue weighted by Crippen LogP contribution is -2.04. The van der Waals surface area contributed by atoms with Crippen molar-refractivity contribution in [3.8, 4) is 17.0 Å². The Bertz CT molecular complexity index is 543. The standard InChI is InChI=1S/C12H13N3O2/c1-8(16)12-10(7-14-15(12)2)9-4-5-11(17-3)13-6-9/h4-7H,1-3H3. The number of ether oxygens (including phenoxy) is 1. The van der Waals surface area contributed by atoms with Crippen LogP contribution in [0.5, 0.6) is 5.88 Å². The number of ketones is 1. The second-order valence-corrected chi connectivity index (χ2v) is 3.68. The Morgan fingerprint density at radius 3 is 2.65 bits per heavy atom. The number of aryl methyl sites for hydroxylation is 1. The van der Waals surface area contributed by atoms with Gasteiger partial charge in [-0.05, 0) is 6.07 Å². The zero-order chi connectivity index (χ0) is 12.4. The van der Waals surface area contributed by atoms with Gasteiger partial charge >= 0.3 is 0 Å². The van der Waals surface area contributed by atoms with Crippen molar-refractivity contribution in [3.63, 3.8) is 0 Å². The molecule has 5 heteroatoms. The molecule has 0 saturated carbocycles. The molecule has 0 N–H and O–H groups in total. The first kappa shape index (κ1) is 11.3. The van der Waals surface area contributed by atoms with E-state index < -0.39 is 0 Å². The quantitative estimate of drug-likeness (QED) is 0.754.